The van der Waals surface area contributed by atoms with Gasteiger partial charge in [-0.1, -0.05) is 18.2 Å². The van der Waals surface area contributed by atoms with Gasteiger partial charge in [-0.25, -0.2) is 18.3 Å². The van der Waals surface area contributed by atoms with Gasteiger partial charge in [0.2, 0.25) is 0 Å². The van der Waals surface area contributed by atoms with E-state index < -0.39 is 17.6 Å². The molecule has 1 heterocycles. The van der Waals surface area contributed by atoms with Crippen molar-refractivity contribution in [2.24, 2.45) is 0 Å². The number of rotatable bonds is 6. The minimum Gasteiger partial charge on any atom is -0.497 e. The molecule has 0 aliphatic heterocycles. The number of nitrogens with one attached hydrogen (secondary N) is 1. The van der Waals surface area contributed by atoms with Crippen LogP contribution in [0.2, 0.25) is 0 Å². The maximum atomic E-state index is 14.6. The van der Waals surface area contributed by atoms with Crippen LogP contribution >= 0.6 is 0 Å². The van der Waals surface area contributed by atoms with Crippen molar-refractivity contribution in [2.45, 2.75) is 0 Å². The van der Waals surface area contributed by atoms with Gasteiger partial charge in [0.15, 0.2) is 0 Å². The molecule has 31 heavy (non-hydrogen) atoms. The Morgan fingerprint density at radius 2 is 1.81 bits per heavy atom. The number of ether oxygens (including phenoxy) is 1. The van der Waals surface area contributed by atoms with E-state index in [2.05, 4.69) is 10.4 Å². The third kappa shape index (κ3) is 3.95. The van der Waals surface area contributed by atoms with Crippen molar-refractivity contribution in [3.05, 3.63) is 90.1 Å². The summed E-state index contributed by atoms with van der Waals surface area (Å²) in [5.74, 6) is -1.92. The first kappa shape index (κ1) is 20.1. The molecule has 0 aliphatic carbocycles. The maximum Gasteiger partial charge on any atom is 0.337 e. The zero-order valence-electron chi connectivity index (χ0n) is 16.3. The zero-order chi connectivity index (χ0) is 22.0. The van der Waals surface area contributed by atoms with Crippen LogP contribution in [0, 0.1) is 11.6 Å². The molecule has 0 saturated heterocycles. The van der Waals surface area contributed by atoms with E-state index in [0.29, 0.717) is 22.8 Å². The molecule has 2 N–H and O–H groups in total. The van der Waals surface area contributed by atoms with Crippen molar-refractivity contribution in [1.82, 2.24) is 9.78 Å². The number of carboxylic acid groups (broad SMARTS) is 1. The normalized spacial score (nSPS) is 10.7. The largest absolute Gasteiger partial charge is 0.497 e. The number of halogens is 2. The van der Waals surface area contributed by atoms with Crippen LogP contribution in [0.3, 0.4) is 0 Å². The fourth-order valence-electron chi connectivity index (χ4n) is 3.20. The van der Waals surface area contributed by atoms with E-state index >= 15 is 0 Å². The van der Waals surface area contributed by atoms with Crippen LogP contribution in [0.1, 0.15) is 10.4 Å². The fraction of sp³-hybridized carbons (Fsp3) is 0.0435. The average Bonchev–Trinajstić information content (AvgIpc) is 3.17. The van der Waals surface area contributed by atoms with Gasteiger partial charge in [-0.3, -0.25) is 0 Å². The topological polar surface area (TPSA) is 76.4 Å². The van der Waals surface area contributed by atoms with Gasteiger partial charge in [0.25, 0.3) is 0 Å². The van der Waals surface area contributed by atoms with Gasteiger partial charge in [-0.2, -0.15) is 5.10 Å². The summed E-state index contributed by atoms with van der Waals surface area (Å²) in [7, 11) is 1.44. The highest BCUT2D eigenvalue weighted by molar-refractivity contribution is 5.96. The predicted octanol–water partition coefficient (Wildman–Crippen LogP) is 5.27. The Bertz CT molecular complexity index is 1260. The molecule has 0 spiro atoms. The molecule has 1 aromatic heterocycles. The smallest absolute Gasteiger partial charge is 0.337 e. The average molecular weight is 421 g/mol. The van der Waals surface area contributed by atoms with Gasteiger partial charge in [-0.05, 0) is 42.5 Å². The van der Waals surface area contributed by atoms with Crippen molar-refractivity contribution in [3.63, 3.8) is 0 Å². The molecule has 6 nitrogen and oxygen atoms in total. The molecule has 156 valence electrons. The number of hydrogen-bond acceptors (Lipinski definition) is 4. The van der Waals surface area contributed by atoms with Crippen molar-refractivity contribution in [3.8, 4) is 22.6 Å². The Labute approximate surface area is 176 Å². The van der Waals surface area contributed by atoms with Crippen LogP contribution < -0.4 is 10.1 Å². The standard InChI is InChI=1S/C23H17F2N3O3/c1-31-16-8-10-21(18(12-16)23(29)30)27-22-19(17-9-7-14(24)11-20(17)25)13-26-28(22)15-5-3-2-4-6-15/h2-13,27H,1H3,(H,29,30). The second kappa shape index (κ2) is 8.27. The van der Waals surface area contributed by atoms with Crippen LogP contribution in [0.5, 0.6) is 5.75 Å². The Morgan fingerprint density at radius 3 is 2.48 bits per heavy atom. The Morgan fingerprint density at radius 1 is 1.03 bits per heavy atom. The minimum absolute atomic E-state index is 0.0364. The number of methoxy groups -OCH3 is 1. The molecule has 4 rings (SSSR count). The first-order valence-electron chi connectivity index (χ1n) is 9.25. The quantitative estimate of drug-likeness (QED) is 0.444. The molecule has 0 radical (unpaired) electrons. The number of para-hydroxylation sites is 1. The van der Waals surface area contributed by atoms with E-state index in [1.165, 1.54) is 30.1 Å². The SMILES string of the molecule is COc1ccc(Nc2c(-c3ccc(F)cc3F)cnn2-c2ccccc2)c(C(=O)O)c1. The van der Waals surface area contributed by atoms with Gasteiger partial charge in [-0.15, -0.1) is 0 Å². The Balaban J connectivity index is 1.90. The van der Waals surface area contributed by atoms with Crippen LogP contribution in [-0.2, 0) is 0 Å². The van der Waals surface area contributed by atoms with Crippen molar-refractivity contribution in [1.29, 1.82) is 0 Å². The monoisotopic (exact) mass is 421 g/mol. The lowest BCUT2D eigenvalue weighted by atomic mass is 10.1. The van der Waals surface area contributed by atoms with Crippen molar-refractivity contribution in [2.75, 3.05) is 12.4 Å². The second-order valence-corrected chi connectivity index (χ2v) is 6.62. The first-order valence-corrected chi connectivity index (χ1v) is 9.25. The van der Waals surface area contributed by atoms with E-state index in [9.17, 15) is 18.7 Å². The highest BCUT2D eigenvalue weighted by atomic mass is 19.1. The summed E-state index contributed by atoms with van der Waals surface area (Å²) in [5.41, 5.74) is 1.36. The van der Waals surface area contributed by atoms with Crippen LogP contribution in [-0.4, -0.2) is 28.0 Å². The van der Waals surface area contributed by atoms with Gasteiger partial charge in [0.1, 0.15) is 23.2 Å². The number of aromatic carboxylic acids is 1. The van der Waals surface area contributed by atoms with E-state index in [0.717, 1.165) is 12.1 Å². The molecule has 0 unspecified atom stereocenters. The summed E-state index contributed by atoms with van der Waals surface area (Å²) in [4.78, 5) is 11.8. The number of nitrogens with zero attached hydrogens (tertiary/aromatic N) is 2. The highest BCUT2D eigenvalue weighted by Gasteiger charge is 2.20. The summed E-state index contributed by atoms with van der Waals surface area (Å²) in [6.07, 6.45) is 1.44. The molecule has 0 aliphatic rings. The lowest BCUT2D eigenvalue weighted by Crippen LogP contribution is -2.08. The van der Waals surface area contributed by atoms with E-state index in [1.807, 2.05) is 18.2 Å². The van der Waals surface area contributed by atoms with Crippen LogP contribution in [0.15, 0.2) is 72.9 Å². The number of carbonyl (C=O) groups is 1. The van der Waals surface area contributed by atoms with Gasteiger partial charge < -0.3 is 15.2 Å². The highest BCUT2D eigenvalue weighted by Crippen LogP contribution is 2.35. The summed E-state index contributed by atoms with van der Waals surface area (Å²) >= 11 is 0. The number of aromatic nitrogens is 2. The molecular weight excluding hydrogens is 404 g/mol. The Hall–Kier alpha value is -4.20. The van der Waals surface area contributed by atoms with Crippen LogP contribution in [0.25, 0.3) is 16.8 Å². The van der Waals surface area contributed by atoms with Gasteiger partial charge in [0.05, 0.1) is 30.2 Å². The number of benzene rings is 3. The molecule has 4 aromatic rings. The van der Waals surface area contributed by atoms with E-state index in [-0.39, 0.29) is 16.8 Å². The maximum absolute atomic E-state index is 14.6. The molecule has 0 atom stereocenters. The molecule has 8 heteroatoms. The summed E-state index contributed by atoms with van der Waals surface area (Å²) < 4.78 is 34.6. The molecular formula is C23H17F2N3O3. The molecule has 0 amide bonds. The molecule has 0 fully saturated rings. The Kier molecular flexibility index (Phi) is 5.36. The molecule has 0 saturated carbocycles. The second-order valence-electron chi connectivity index (χ2n) is 6.62. The molecule has 3 aromatic carbocycles. The zero-order valence-corrected chi connectivity index (χ0v) is 16.3. The third-order valence-corrected chi connectivity index (χ3v) is 4.70. The summed E-state index contributed by atoms with van der Waals surface area (Å²) in [6, 6.07) is 16.9. The van der Waals surface area contributed by atoms with Crippen molar-refractivity contribution < 1.29 is 23.4 Å². The first-order chi connectivity index (χ1) is 15.0. The van der Waals surface area contributed by atoms with Crippen molar-refractivity contribution >= 4 is 17.5 Å². The van der Waals surface area contributed by atoms with E-state index in [1.54, 1.807) is 24.3 Å². The predicted molar refractivity (Wildman–Crippen MR) is 112 cm³/mol. The van der Waals surface area contributed by atoms with Gasteiger partial charge in [0, 0.05) is 17.2 Å². The molecule has 0 bridgehead atoms. The summed E-state index contributed by atoms with van der Waals surface area (Å²) in [5, 5.41) is 17.1. The summed E-state index contributed by atoms with van der Waals surface area (Å²) in [6.45, 7) is 0. The lowest BCUT2D eigenvalue weighted by Gasteiger charge is -2.15. The lowest BCUT2D eigenvalue weighted by molar-refractivity contribution is 0.0697. The fourth-order valence-corrected chi connectivity index (χ4v) is 3.20. The third-order valence-electron chi connectivity index (χ3n) is 4.70. The van der Waals surface area contributed by atoms with E-state index in [4.69, 9.17) is 4.74 Å². The minimum atomic E-state index is -1.17. The van der Waals surface area contributed by atoms with Gasteiger partial charge >= 0.3 is 5.97 Å². The number of hydrogen-bond donors (Lipinski definition) is 2. The number of carboxylic acids is 1. The van der Waals surface area contributed by atoms with Crippen LogP contribution in [0.4, 0.5) is 20.3 Å². The number of anilines is 2.